The van der Waals surface area contributed by atoms with Gasteiger partial charge in [-0.3, -0.25) is 14.2 Å². The highest BCUT2D eigenvalue weighted by Crippen LogP contribution is 2.38. The van der Waals surface area contributed by atoms with Crippen LogP contribution >= 0.6 is 7.82 Å². The van der Waals surface area contributed by atoms with Crippen LogP contribution in [-0.2, 0) is 27.9 Å². The highest BCUT2D eigenvalue weighted by Gasteiger charge is 2.27. The molecule has 0 spiro atoms. The molecular weight excluding hydrogens is 976 g/mol. The van der Waals surface area contributed by atoms with Crippen LogP contribution in [0, 0.1) is 0 Å². The number of hydrogen-bond acceptors (Lipinski definition) is 7. The van der Waals surface area contributed by atoms with Crippen LogP contribution in [0.3, 0.4) is 0 Å². The molecule has 0 saturated heterocycles. The number of phosphoric acid groups is 1. The Morgan fingerprint density at radius 1 is 0.455 bits per heavy atom. The van der Waals surface area contributed by atoms with Gasteiger partial charge in [0.2, 0.25) is 5.91 Å². The van der Waals surface area contributed by atoms with Crippen LogP contribution in [-0.4, -0.2) is 69.4 Å². The van der Waals surface area contributed by atoms with Gasteiger partial charge in [0.05, 0.1) is 33.8 Å². The maximum atomic E-state index is 13.5. The summed E-state index contributed by atoms with van der Waals surface area (Å²) in [6, 6.07) is -0.892. The van der Waals surface area contributed by atoms with E-state index in [-0.39, 0.29) is 31.5 Å². The summed E-state index contributed by atoms with van der Waals surface area (Å²) in [6.07, 6.45) is 71.8. The predicted molar refractivity (Wildman–Crippen MR) is 330 cm³/mol. The molecule has 1 N–H and O–H groups in total. The van der Waals surface area contributed by atoms with E-state index in [9.17, 15) is 19.0 Å². The number of quaternary nitrogens is 1. The molecule has 0 heterocycles. The summed E-state index contributed by atoms with van der Waals surface area (Å²) in [6.45, 7) is 6.84. The molecule has 0 aromatic rings. The zero-order valence-electron chi connectivity index (χ0n) is 51.4. The van der Waals surface area contributed by atoms with E-state index in [4.69, 9.17) is 13.8 Å². The van der Waals surface area contributed by atoms with Crippen molar-refractivity contribution in [2.24, 2.45) is 0 Å². The van der Waals surface area contributed by atoms with Gasteiger partial charge in [-0.25, -0.2) is 0 Å². The van der Waals surface area contributed by atoms with Crippen molar-refractivity contribution in [3.05, 3.63) is 60.8 Å². The minimum atomic E-state index is -4.70. The topological polar surface area (TPSA) is 114 Å². The van der Waals surface area contributed by atoms with Crippen molar-refractivity contribution < 1.29 is 37.3 Å². The van der Waals surface area contributed by atoms with Crippen LogP contribution in [0.2, 0.25) is 0 Å². The molecule has 1 amide bonds. The van der Waals surface area contributed by atoms with Crippen molar-refractivity contribution in [1.29, 1.82) is 0 Å². The molecule has 0 radical (unpaired) electrons. The summed E-state index contributed by atoms with van der Waals surface area (Å²) < 4.78 is 30.4. The van der Waals surface area contributed by atoms with Crippen LogP contribution in [0.4, 0.5) is 0 Å². The number of nitrogens with one attached hydrogen (secondary N) is 1. The van der Waals surface area contributed by atoms with Gasteiger partial charge in [-0.05, 0) is 76.7 Å². The molecule has 0 bridgehead atoms. The molecule has 10 heteroatoms. The van der Waals surface area contributed by atoms with Gasteiger partial charge in [-0.1, -0.05) is 275 Å². The molecule has 3 unspecified atom stereocenters. The number of carbonyl (C=O) groups excluding carboxylic acids is 2. The second-order valence-electron chi connectivity index (χ2n) is 23.3. The first-order valence-electron chi connectivity index (χ1n) is 32.6. The Hall–Kier alpha value is -2.29. The zero-order valence-corrected chi connectivity index (χ0v) is 52.3. The van der Waals surface area contributed by atoms with Gasteiger partial charge < -0.3 is 28.5 Å². The quantitative estimate of drug-likeness (QED) is 0.0212. The number of unbranched alkanes of at least 4 members (excludes halogenated alkanes) is 35. The Labute approximate surface area is 477 Å². The third kappa shape index (κ3) is 58.2. The second-order valence-corrected chi connectivity index (χ2v) is 24.7. The molecule has 3 atom stereocenters. The summed E-state index contributed by atoms with van der Waals surface area (Å²) in [5.41, 5.74) is 0. The molecule has 0 aliphatic carbocycles. The largest absolute Gasteiger partial charge is 0.756 e. The van der Waals surface area contributed by atoms with E-state index in [0.29, 0.717) is 17.4 Å². The number of esters is 1. The SMILES string of the molecule is CCCCC/C=C\C/C=C\C/C=C\C/C=C\CCCCCCCCCC(=O)OC(/C=C/CCCCCCCCCCCCC)C(COP(=O)([O-])OCC[N+](C)(C)C)NC(=O)CCCCCCCCCCCCCCCCC. The van der Waals surface area contributed by atoms with E-state index >= 15 is 0 Å². The normalized spacial score (nSPS) is 14.0. The number of hydrogen-bond donors (Lipinski definition) is 1. The number of carbonyl (C=O) groups is 2. The molecule has 0 aliphatic rings. The van der Waals surface area contributed by atoms with Gasteiger partial charge in [0.1, 0.15) is 19.3 Å². The monoisotopic (exact) mass is 1100 g/mol. The molecule has 0 fully saturated rings. The highest BCUT2D eigenvalue weighted by atomic mass is 31.2. The van der Waals surface area contributed by atoms with E-state index < -0.39 is 20.0 Å². The van der Waals surface area contributed by atoms with Gasteiger partial charge >= 0.3 is 5.97 Å². The average Bonchev–Trinajstić information content (AvgIpc) is 3.39. The molecule has 0 saturated carbocycles. The molecule has 0 aromatic carbocycles. The molecule has 9 nitrogen and oxygen atoms in total. The molecule has 0 aromatic heterocycles. The third-order valence-electron chi connectivity index (χ3n) is 14.5. The summed E-state index contributed by atoms with van der Waals surface area (Å²) in [7, 11) is 1.18. The first-order chi connectivity index (χ1) is 37.4. The Balaban J connectivity index is 5.22. The first-order valence-corrected chi connectivity index (χ1v) is 34.1. The zero-order chi connectivity index (χ0) is 56.4. The van der Waals surface area contributed by atoms with E-state index in [1.807, 2.05) is 33.3 Å². The summed E-state index contributed by atoms with van der Waals surface area (Å²) in [4.78, 5) is 40.0. The highest BCUT2D eigenvalue weighted by molar-refractivity contribution is 7.45. The lowest BCUT2D eigenvalue weighted by atomic mass is 10.0. The summed E-state index contributed by atoms with van der Waals surface area (Å²) >= 11 is 0. The number of allylic oxidation sites excluding steroid dienone is 9. The number of ether oxygens (including phenoxy) is 1. The molecule has 77 heavy (non-hydrogen) atoms. The van der Waals surface area contributed by atoms with Gasteiger partial charge in [-0.2, -0.15) is 0 Å². The number of rotatable bonds is 59. The van der Waals surface area contributed by atoms with E-state index in [0.717, 1.165) is 89.9 Å². The number of phosphoric ester groups is 1. The lowest BCUT2D eigenvalue weighted by Crippen LogP contribution is -2.47. The van der Waals surface area contributed by atoms with Crippen molar-refractivity contribution in [3.8, 4) is 0 Å². The lowest BCUT2D eigenvalue weighted by molar-refractivity contribution is -0.870. The van der Waals surface area contributed by atoms with Gasteiger partial charge in [-0.15, -0.1) is 0 Å². The fourth-order valence-corrected chi connectivity index (χ4v) is 10.1. The maximum absolute atomic E-state index is 13.5. The molecule has 0 aliphatic heterocycles. The van der Waals surface area contributed by atoms with Crippen molar-refractivity contribution in [2.75, 3.05) is 40.9 Å². The van der Waals surface area contributed by atoms with Crippen molar-refractivity contribution in [1.82, 2.24) is 5.32 Å². The minimum absolute atomic E-state index is 0.0239. The van der Waals surface area contributed by atoms with Crippen molar-refractivity contribution in [2.45, 2.75) is 315 Å². The average molecular weight is 1100 g/mol. The minimum Gasteiger partial charge on any atom is -0.756 e. The maximum Gasteiger partial charge on any atom is 0.306 e. The molecular formula is C67H125N2O7P. The number of likely N-dealkylation sites (N-methyl/N-ethyl adjacent to an activating group) is 1. The molecule has 0 rings (SSSR count). The van der Waals surface area contributed by atoms with Crippen LogP contribution in [0.15, 0.2) is 60.8 Å². The predicted octanol–water partition coefficient (Wildman–Crippen LogP) is 19.6. The van der Waals surface area contributed by atoms with E-state index in [2.05, 4.69) is 74.7 Å². The van der Waals surface area contributed by atoms with Gasteiger partial charge in [0, 0.05) is 12.8 Å². The first kappa shape index (κ1) is 74.7. The third-order valence-corrected chi connectivity index (χ3v) is 15.4. The number of amides is 1. The van der Waals surface area contributed by atoms with E-state index in [1.54, 1.807) is 0 Å². The fourth-order valence-electron chi connectivity index (χ4n) is 9.39. The van der Waals surface area contributed by atoms with Crippen molar-refractivity contribution in [3.63, 3.8) is 0 Å². The van der Waals surface area contributed by atoms with E-state index in [1.165, 1.54) is 180 Å². The Morgan fingerprint density at radius 3 is 1.21 bits per heavy atom. The summed E-state index contributed by atoms with van der Waals surface area (Å²) in [5.74, 6) is -0.543. The second kappa shape index (κ2) is 57.0. The Morgan fingerprint density at radius 2 is 0.792 bits per heavy atom. The summed E-state index contributed by atoms with van der Waals surface area (Å²) in [5, 5.41) is 3.03. The van der Waals surface area contributed by atoms with Crippen molar-refractivity contribution >= 4 is 19.7 Å². The fraction of sp³-hybridized carbons (Fsp3) is 0.821. The standard InChI is InChI=1S/C67H125N2O7P/c1-7-10-13-16-19-22-25-28-30-31-32-33-34-35-36-37-39-42-45-48-51-54-57-60-67(71)76-65(58-55-52-49-46-43-40-27-24-21-18-15-12-9-3)64(63-75-77(72,73)74-62-61-69(4,5)6)68-66(70)59-56-53-50-47-44-41-38-29-26-23-20-17-14-11-8-2/h19,22,28,30,32-33,35-36,55,58,64-65H,7-18,20-21,23-27,29,31,34,37-54,56-57,59-63H2,1-6H3,(H-,68,70,72,73)/b22-19-,30-28-,33-32-,36-35-,58-55+. The Kier molecular flexibility index (Phi) is 55.3. The van der Waals surface area contributed by atoms with Crippen LogP contribution in [0.5, 0.6) is 0 Å². The lowest BCUT2D eigenvalue weighted by Gasteiger charge is -2.30. The smallest absolute Gasteiger partial charge is 0.306 e. The van der Waals surface area contributed by atoms with Gasteiger partial charge in [0.15, 0.2) is 0 Å². The van der Waals surface area contributed by atoms with Crippen LogP contribution < -0.4 is 10.2 Å². The van der Waals surface area contributed by atoms with Gasteiger partial charge in [0.25, 0.3) is 7.82 Å². The number of nitrogens with zero attached hydrogens (tertiary/aromatic N) is 1. The van der Waals surface area contributed by atoms with Crippen LogP contribution in [0.25, 0.3) is 0 Å². The Bertz CT molecular complexity index is 1500. The molecule has 450 valence electrons. The van der Waals surface area contributed by atoms with Crippen LogP contribution in [0.1, 0.15) is 303 Å².